The Labute approximate surface area is 141 Å². The number of sulfonamides is 1. The van der Waals surface area contributed by atoms with Crippen LogP contribution < -0.4 is 0 Å². The summed E-state index contributed by atoms with van der Waals surface area (Å²) in [5, 5.41) is 10.4. The van der Waals surface area contributed by atoms with Crippen LogP contribution in [0.2, 0.25) is 0 Å². The zero-order valence-corrected chi connectivity index (χ0v) is 14.8. The second-order valence-electron chi connectivity index (χ2n) is 5.64. The van der Waals surface area contributed by atoms with Crippen LogP contribution in [0.3, 0.4) is 0 Å². The van der Waals surface area contributed by atoms with Crippen molar-refractivity contribution in [1.29, 1.82) is 0 Å². The summed E-state index contributed by atoms with van der Waals surface area (Å²) < 4.78 is 31.8. The van der Waals surface area contributed by atoms with Gasteiger partial charge in [0.15, 0.2) is 0 Å². The molecule has 0 unspecified atom stereocenters. The number of carboxylic acids is 1. The van der Waals surface area contributed by atoms with Crippen LogP contribution in [0, 0.1) is 13.8 Å². The van der Waals surface area contributed by atoms with Crippen molar-refractivity contribution in [3.63, 3.8) is 0 Å². The normalized spacial score (nSPS) is 12.0. The van der Waals surface area contributed by atoms with Crippen molar-refractivity contribution in [2.45, 2.75) is 18.7 Å². The fourth-order valence-electron chi connectivity index (χ4n) is 2.51. The summed E-state index contributed by atoms with van der Waals surface area (Å²) in [5.74, 6) is -1.21. The van der Waals surface area contributed by atoms with Gasteiger partial charge in [0.05, 0.1) is 11.5 Å². The number of methoxy groups -OCH3 is 1. The van der Waals surface area contributed by atoms with E-state index in [1.807, 2.05) is 32.0 Å². The molecular weight excluding hydrogens is 330 g/mol. The van der Waals surface area contributed by atoms with Crippen LogP contribution in [-0.4, -0.2) is 50.6 Å². The van der Waals surface area contributed by atoms with Gasteiger partial charge in [-0.15, -0.1) is 0 Å². The minimum atomic E-state index is -3.95. The van der Waals surface area contributed by atoms with Gasteiger partial charge in [-0.2, -0.15) is 4.31 Å². The maximum Gasteiger partial charge on any atom is 0.318 e. The molecule has 0 saturated carbocycles. The van der Waals surface area contributed by atoms with Gasteiger partial charge in [-0.05, 0) is 42.5 Å². The Morgan fingerprint density at radius 2 is 1.88 bits per heavy atom. The van der Waals surface area contributed by atoms with Gasteiger partial charge < -0.3 is 9.84 Å². The molecule has 1 N–H and O–H groups in total. The van der Waals surface area contributed by atoms with E-state index in [4.69, 9.17) is 9.84 Å². The molecule has 2 aromatic rings. The summed E-state index contributed by atoms with van der Waals surface area (Å²) in [6.45, 7) is 3.37. The van der Waals surface area contributed by atoms with Gasteiger partial charge in [0.25, 0.3) is 0 Å². The molecule has 0 bridgehead atoms. The molecule has 0 aliphatic heterocycles. The first kappa shape index (κ1) is 18.4. The van der Waals surface area contributed by atoms with E-state index in [1.54, 1.807) is 6.07 Å². The highest BCUT2D eigenvalue weighted by molar-refractivity contribution is 7.89. The van der Waals surface area contributed by atoms with Crippen molar-refractivity contribution < 1.29 is 23.1 Å². The van der Waals surface area contributed by atoms with E-state index in [9.17, 15) is 13.2 Å². The number of rotatable bonds is 7. The van der Waals surface area contributed by atoms with Gasteiger partial charge in [-0.25, -0.2) is 8.42 Å². The molecule has 2 aromatic carbocycles. The lowest BCUT2D eigenvalue weighted by Crippen LogP contribution is -2.38. The standard InChI is InChI=1S/C17H21NO5S/c1-12-9-14-5-4-6-16(15(14)10-13(12)2)24(21,22)18(7-8-23-3)11-17(19)20/h4-6,9-10H,7-8,11H2,1-3H3,(H,19,20). The molecule has 0 amide bonds. The highest BCUT2D eigenvalue weighted by Crippen LogP contribution is 2.28. The minimum absolute atomic E-state index is 0.0215. The molecule has 0 aliphatic carbocycles. The largest absolute Gasteiger partial charge is 0.480 e. The van der Waals surface area contributed by atoms with Crippen LogP contribution in [0.25, 0.3) is 10.8 Å². The highest BCUT2D eigenvalue weighted by Gasteiger charge is 2.28. The Morgan fingerprint density at radius 1 is 1.21 bits per heavy atom. The van der Waals surface area contributed by atoms with Crippen LogP contribution in [0.15, 0.2) is 35.2 Å². The van der Waals surface area contributed by atoms with E-state index in [2.05, 4.69) is 0 Å². The average Bonchev–Trinajstić information content (AvgIpc) is 2.51. The molecule has 7 heteroatoms. The smallest absolute Gasteiger partial charge is 0.318 e. The van der Waals surface area contributed by atoms with E-state index in [1.165, 1.54) is 13.2 Å². The van der Waals surface area contributed by atoms with Crippen LogP contribution >= 0.6 is 0 Å². The van der Waals surface area contributed by atoms with Crippen LogP contribution in [0.1, 0.15) is 11.1 Å². The van der Waals surface area contributed by atoms with Gasteiger partial charge >= 0.3 is 5.97 Å². The monoisotopic (exact) mass is 351 g/mol. The number of carboxylic acid groups (broad SMARTS) is 1. The van der Waals surface area contributed by atoms with Gasteiger partial charge in [0.2, 0.25) is 10.0 Å². The SMILES string of the molecule is COCCN(CC(=O)O)S(=O)(=O)c1cccc2cc(C)c(C)cc12. The van der Waals surface area contributed by atoms with Crippen LogP contribution in [-0.2, 0) is 19.6 Å². The highest BCUT2D eigenvalue weighted by atomic mass is 32.2. The Morgan fingerprint density at radius 3 is 2.50 bits per heavy atom. The summed E-state index contributed by atoms with van der Waals surface area (Å²) >= 11 is 0. The van der Waals surface area contributed by atoms with Crippen molar-refractivity contribution in [2.24, 2.45) is 0 Å². The molecule has 130 valence electrons. The predicted octanol–water partition coefficient (Wildman–Crippen LogP) is 2.18. The zero-order valence-electron chi connectivity index (χ0n) is 13.9. The third kappa shape index (κ3) is 3.75. The lowest BCUT2D eigenvalue weighted by Gasteiger charge is -2.21. The number of hydrogen-bond donors (Lipinski definition) is 1. The number of ether oxygens (including phenoxy) is 1. The Bertz CT molecular complexity index is 861. The molecule has 0 heterocycles. The van der Waals surface area contributed by atoms with Crippen LogP contribution in [0.5, 0.6) is 0 Å². The first-order valence-corrected chi connectivity index (χ1v) is 8.92. The number of aryl methyl sites for hydroxylation is 2. The van der Waals surface area contributed by atoms with E-state index in [0.717, 1.165) is 20.8 Å². The van der Waals surface area contributed by atoms with Crippen molar-refractivity contribution in [3.05, 3.63) is 41.5 Å². The van der Waals surface area contributed by atoms with Crippen LogP contribution in [0.4, 0.5) is 0 Å². The summed E-state index contributed by atoms with van der Waals surface area (Å²) in [6.07, 6.45) is 0. The molecule has 0 aliphatic rings. The summed E-state index contributed by atoms with van der Waals surface area (Å²) in [5.41, 5.74) is 2.05. The molecule has 0 atom stereocenters. The van der Waals surface area contributed by atoms with Gasteiger partial charge in [-0.3, -0.25) is 4.79 Å². The number of hydrogen-bond acceptors (Lipinski definition) is 4. The molecule has 24 heavy (non-hydrogen) atoms. The fourth-order valence-corrected chi connectivity index (χ4v) is 4.09. The summed E-state index contributed by atoms with van der Waals surface area (Å²) in [6, 6.07) is 8.78. The number of benzene rings is 2. The minimum Gasteiger partial charge on any atom is -0.480 e. The van der Waals surface area contributed by atoms with Gasteiger partial charge in [0, 0.05) is 19.0 Å². The lowest BCUT2D eigenvalue weighted by molar-refractivity contribution is -0.137. The van der Waals surface area contributed by atoms with E-state index in [-0.39, 0.29) is 18.0 Å². The molecule has 0 aromatic heterocycles. The van der Waals surface area contributed by atoms with Crippen molar-refractivity contribution in [3.8, 4) is 0 Å². The number of aliphatic carboxylic acids is 1. The lowest BCUT2D eigenvalue weighted by atomic mass is 10.0. The molecule has 0 saturated heterocycles. The Balaban J connectivity index is 2.60. The maximum atomic E-state index is 13.0. The fraction of sp³-hybridized carbons (Fsp3) is 0.353. The third-order valence-electron chi connectivity index (χ3n) is 3.93. The zero-order chi connectivity index (χ0) is 17.9. The Hall–Kier alpha value is -1.96. The van der Waals surface area contributed by atoms with E-state index in [0.29, 0.717) is 5.39 Å². The van der Waals surface area contributed by atoms with Gasteiger partial charge in [-0.1, -0.05) is 18.2 Å². The molecule has 6 nitrogen and oxygen atoms in total. The van der Waals surface area contributed by atoms with Crippen molar-refractivity contribution >= 4 is 26.8 Å². The number of fused-ring (bicyclic) bond motifs is 1. The molecule has 0 spiro atoms. The maximum absolute atomic E-state index is 13.0. The van der Waals surface area contributed by atoms with Crippen molar-refractivity contribution in [2.75, 3.05) is 26.8 Å². The molecule has 0 fully saturated rings. The second-order valence-corrected chi connectivity index (χ2v) is 7.55. The predicted molar refractivity (Wildman–Crippen MR) is 91.7 cm³/mol. The number of carbonyl (C=O) groups is 1. The molecule has 2 rings (SSSR count). The topological polar surface area (TPSA) is 83.9 Å². The average molecular weight is 351 g/mol. The first-order chi connectivity index (χ1) is 11.3. The summed E-state index contributed by atoms with van der Waals surface area (Å²) in [7, 11) is -2.51. The number of nitrogens with zero attached hydrogens (tertiary/aromatic N) is 1. The molecular formula is C17H21NO5S. The van der Waals surface area contributed by atoms with Crippen molar-refractivity contribution in [1.82, 2.24) is 4.31 Å². The quantitative estimate of drug-likeness (QED) is 0.826. The third-order valence-corrected chi connectivity index (χ3v) is 5.83. The van der Waals surface area contributed by atoms with Gasteiger partial charge in [0.1, 0.15) is 6.54 Å². The van der Waals surface area contributed by atoms with E-state index < -0.39 is 22.5 Å². The van der Waals surface area contributed by atoms with E-state index >= 15 is 0 Å². The Kier molecular flexibility index (Phi) is 5.58. The molecule has 0 radical (unpaired) electrons. The second kappa shape index (κ2) is 7.29. The first-order valence-electron chi connectivity index (χ1n) is 7.48. The summed E-state index contributed by atoms with van der Waals surface area (Å²) in [4.78, 5) is 11.2.